The van der Waals surface area contributed by atoms with Crippen molar-refractivity contribution in [3.05, 3.63) is 11.8 Å². The molecule has 0 saturated heterocycles. The van der Waals surface area contributed by atoms with Gasteiger partial charge in [0, 0.05) is 13.2 Å². The van der Waals surface area contributed by atoms with Crippen LogP contribution in [0.3, 0.4) is 0 Å². The second-order valence-electron chi connectivity index (χ2n) is 2.65. The quantitative estimate of drug-likeness (QED) is 0.570. The molecule has 0 aliphatic heterocycles. The fourth-order valence-corrected chi connectivity index (χ4v) is 2.72. The molecule has 12 heavy (non-hydrogen) atoms. The Balaban J connectivity index is 3.81. The van der Waals surface area contributed by atoms with Gasteiger partial charge in [0.1, 0.15) is 0 Å². The maximum absolute atomic E-state index is 5.51. The van der Waals surface area contributed by atoms with E-state index in [1.807, 2.05) is 13.8 Å². The van der Waals surface area contributed by atoms with Crippen molar-refractivity contribution in [1.82, 2.24) is 0 Å². The Morgan fingerprint density at radius 1 is 1.17 bits per heavy atom. The summed E-state index contributed by atoms with van der Waals surface area (Å²) in [6.07, 6.45) is 2.17. The summed E-state index contributed by atoms with van der Waals surface area (Å²) in [5.74, 6) is 0. The Labute approximate surface area is 77.4 Å². The zero-order valence-electron chi connectivity index (χ0n) is 8.43. The summed E-state index contributed by atoms with van der Waals surface area (Å²) in [6.45, 7) is 11.6. The second-order valence-corrected chi connectivity index (χ2v) is 4.80. The van der Waals surface area contributed by atoms with Gasteiger partial charge in [0.25, 0.3) is 0 Å². The molecule has 0 heterocycles. The molecule has 0 atom stereocenters. The predicted molar refractivity (Wildman–Crippen MR) is 54.4 cm³/mol. The molecule has 0 amide bonds. The van der Waals surface area contributed by atoms with E-state index in [0.717, 1.165) is 26.1 Å². The monoisotopic (exact) mass is 188 g/mol. The molecule has 72 valence electrons. The first-order valence-electron chi connectivity index (χ1n) is 4.67. The van der Waals surface area contributed by atoms with Gasteiger partial charge < -0.3 is 8.85 Å². The fraction of sp³-hybridized carbons (Fsp3) is 0.778. The van der Waals surface area contributed by atoms with Gasteiger partial charge in [0.05, 0.1) is 0 Å². The lowest BCUT2D eigenvalue weighted by Gasteiger charge is -2.16. The molecule has 0 aromatic rings. The lowest BCUT2D eigenvalue weighted by atomic mass is 10.3. The lowest BCUT2D eigenvalue weighted by Crippen LogP contribution is -2.25. The van der Waals surface area contributed by atoms with Gasteiger partial charge >= 0.3 is 9.28 Å². The zero-order chi connectivity index (χ0) is 9.40. The van der Waals surface area contributed by atoms with Crippen molar-refractivity contribution >= 4 is 9.28 Å². The van der Waals surface area contributed by atoms with Gasteiger partial charge in [-0.05, 0) is 25.5 Å². The van der Waals surface area contributed by atoms with Gasteiger partial charge in [-0.1, -0.05) is 19.9 Å². The smallest absolute Gasteiger partial charge is 0.351 e. The van der Waals surface area contributed by atoms with Crippen LogP contribution in [0.5, 0.6) is 0 Å². The minimum absolute atomic E-state index is 0.736. The van der Waals surface area contributed by atoms with Crippen molar-refractivity contribution in [3.63, 3.8) is 0 Å². The average molecular weight is 188 g/mol. The molecule has 3 heteroatoms. The molecule has 0 rings (SSSR count). The minimum Gasteiger partial charge on any atom is -0.394 e. The van der Waals surface area contributed by atoms with Crippen molar-refractivity contribution in [2.45, 2.75) is 33.6 Å². The standard InChI is InChI=1S/C9H20O2Si/c1-5-8-9(4)12(10-6-2)11-7-3/h12H,4-8H2,1-3H3. The summed E-state index contributed by atoms with van der Waals surface area (Å²) in [7, 11) is -1.54. The summed E-state index contributed by atoms with van der Waals surface area (Å²) in [5, 5.41) is 1.18. The highest BCUT2D eigenvalue weighted by Gasteiger charge is 2.15. The molecule has 0 saturated carbocycles. The topological polar surface area (TPSA) is 18.5 Å². The first-order chi connectivity index (χ1) is 5.76. The van der Waals surface area contributed by atoms with Crippen LogP contribution in [-0.2, 0) is 8.85 Å². The largest absolute Gasteiger partial charge is 0.394 e. The summed E-state index contributed by atoms with van der Waals surface area (Å²) < 4.78 is 11.0. The van der Waals surface area contributed by atoms with E-state index in [9.17, 15) is 0 Å². The maximum Gasteiger partial charge on any atom is 0.351 e. The van der Waals surface area contributed by atoms with Gasteiger partial charge in [-0.25, -0.2) is 0 Å². The predicted octanol–water partition coefficient (Wildman–Crippen LogP) is 2.18. The van der Waals surface area contributed by atoms with Crippen molar-refractivity contribution in [2.75, 3.05) is 13.2 Å². The van der Waals surface area contributed by atoms with Crippen LogP contribution in [0.25, 0.3) is 0 Å². The van der Waals surface area contributed by atoms with E-state index in [4.69, 9.17) is 8.85 Å². The Morgan fingerprint density at radius 3 is 2.00 bits per heavy atom. The van der Waals surface area contributed by atoms with Crippen molar-refractivity contribution in [3.8, 4) is 0 Å². The molecule has 0 fully saturated rings. The number of allylic oxidation sites excluding steroid dienone is 1. The van der Waals surface area contributed by atoms with Crippen LogP contribution in [-0.4, -0.2) is 22.5 Å². The van der Waals surface area contributed by atoms with Gasteiger partial charge in [0.2, 0.25) is 0 Å². The second kappa shape index (κ2) is 7.52. The molecular weight excluding hydrogens is 168 g/mol. The first-order valence-corrected chi connectivity index (χ1v) is 6.19. The van der Waals surface area contributed by atoms with Crippen LogP contribution < -0.4 is 0 Å². The SMILES string of the molecule is C=C(CCC)[SiH](OCC)OCC. The Bertz CT molecular complexity index is 120. The number of hydrogen-bond donors (Lipinski definition) is 0. The third-order valence-corrected chi connectivity index (χ3v) is 3.77. The zero-order valence-corrected chi connectivity index (χ0v) is 9.58. The molecule has 0 aromatic heterocycles. The lowest BCUT2D eigenvalue weighted by molar-refractivity contribution is 0.220. The van der Waals surface area contributed by atoms with E-state index >= 15 is 0 Å². The number of rotatable bonds is 7. The highest BCUT2D eigenvalue weighted by molar-refractivity contribution is 6.53. The molecule has 0 spiro atoms. The molecule has 0 N–H and O–H groups in total. The van der Waals surface area contributed by atoms with Crippen molar-refractivity contribution in [1.29, 1.82) is 0 Å². The van der Waals surface area contributed by atoms with E-state index in [0.29, 0.717) is 0 Å². The first kappa shape index (κ1) is 11.9. The van der Waals surface area contributed by atoms with Crippen LogP contribution in [0.4, 0.5) is 0 Å². The highest BCUT2D eigenvalue weighted by atomic mass is 28.3. The molecular formula is C9H20O2Si. The summed E-state index contributed by atoms with van der Waals surface area (Å²) in [6, 6.07) is 0. The van der Waals surface area contributed by atoms with Crippen LogP contribution in [0.1, 0.15) is 33.6 Å². The van der Waals surface area contributed by atoms with Gasteiger partial charge in [0.15, 0.2) is 0 Å². The Hall–Kier alpha value is -0.123. The van der Waals surface area contributed by atoms with E-state index in [1.54, 1.807) is 0 Å². The van der Waals surface area contributed by atoms with Crippen LogP contribution >= 0.6 is 0 Å². The molecule has 0 unspecified atom stereocenters. The third-order valence-electron chi connectivity index (χ3n) is 1.54. The summed E-state index contributed by atoms with van der Waals surface area (Å²) >= 11 is 0. The van der Waals surface area contributed by atoms with E-state index in [2.05, 4.69) is 13.5 Å². The highest BCUT2D eigenvalue weighted by Crippen LogP contribution is 2.08. The van der Waals surface area contributed by atoms with Gasteiger partial charge in [-0.3, -0.25) is 0 Å². The van der Waals surface area contributed by atoms with E-state index < -0.39 is 9.28 Å². The average Bonchev–Trinajstić information content (AvgIpc) is 2.04. The molecule has 0 aliphatic rings. The number of hydrogen-bond acceptors (Lipinski definition) is 2. The fourth-order valence-electron chi connectivity index (χ4n) is 1.03. The van der Waals surface area contributed by atoms with Gasteiger partial charge in [-0.15, -0.1) is 0 Å². The normalized spacial score (nSPS) is 10.7. The molecule has 0 aromatic carbocycles. The van der Waals surface area contributed by atoms with E-state index in [1.165, 1.54) is 5.20 Å². The third kappa shape index (κ3) is 4.69. The molecule has 2 nitrogen and oxygen atoms in total. The van der Waals surface area contributed by atoms with Crippen LogP contribution in [0, 0.1) is 0 Å². The summed E-state index contributed by atoms with van der Waals surface area (Å²) in [5.41, 5.74) is 0. The summed E-state index contributed by atoms with van der Waals surface area (Å²) in [4.78, 5) is 0. The minimum atomic E-state index is -1.54. The maximum atomic E-state index is 5.51. The Morgan fingerprint density at radius 2 is 1.67 bits per heavy atom. The van der Waals surface area contributed by atoms with Crippen LogP contribution in [0.2, 0.25) is 0 Å². The van der Waals surface area contributed by atoms with Crippen LogP contribution in [0.15, 0.2) is 11.8 Å². The van der Waals surface area contributed by atoms with Crippen molar-refractivity contribution in [2.24, 2.45) is 0 Å². The molecule has 0 aliphatic carbocycles. The van der Waals surface area contributed by atoms with Crippen molar-refractivity contribution < 1.29 is 8.85 Å². The van der Waals surface area contributed by atoms with E-state index in [-0.39, 0.29) is 0 Å². The Kier molecular flexibility index (Phi) is 7.44. The van der Waals surface area contributed by atoms with Gasteiger partial charge in [-0.2, -0.15) is 0 Å². The molecule has 0 radical (unpaired) electrons. The molecule has 0 bridgehead atoms.